The number of hydrogen-bond donors (Lipinski definition) is 0. The summed E-state index contributed by atoms with van der Waals surface area (Å²) in [6.07, 6.45) is 4.96. The van der Waals surface area contributed by atoms with Crippen molar-refractivity contribution in [3.05, 3.63) is 71.8 Å². The summed E-state index contributed by atoms with van der Waals surface area (Å²) in [6, 6.07) is 22.2. The Morgan fingerprint density at radius 2 is 1.12 bits per heavy atom. The van der Waals surface area contributed by atoms with E-state index < -0.39 is 5.79 Å². The Hall–Kier alpha value is -1.64. The normalized spacial score (nSPS) is 40.2. The summed E-state index contributed by atoms with van der Waals surface area (Å²) < 4.78 is 13.2. The van der Waals surface area contributed by atoms with Gasteiger partial charge in [-0.1, -0.05) is 67.1 Å². The van der Waals surface area contributed by atoms with Crippen molar-refractivity contribution in [2.45, 2.75) is 42.3 Å². The Balaban J connectivity index is 1.63. The van der Waals surface area contributed by atoms with Crippen molar-refractivity contribution in [1.29, 1.82) is 0 Å². The summed E-state index contributed by atoms with van der Waals surface area (Å²) in [5.41, 5.74) is 2.85. The predicted octanol–water partition coefficient (Wildman–Crippen LogP) is 4.44. The zero-order valence-corrected chi connectivity index (χ0v) is 14.5. The summed E-state index contributed by atoms with van der Waals surface area (Å²) in [5, 5.41) is 0. The van der Waals surface area contributed by atoms with Crippen LogP contribution in [0.2, 0.25) is 0 Å². The van der Waals surface area contributed by atoms with Crippen LogP contribution in [0.3, 0.4) is 0 Å². The number of hydrogen-bond acceptors (Lipinski definition) is 2. The molecule has 0 unspecified atom stereocenters. The van der Waals surface area contributed by atoms with Crippen LogP contribution in [0.5, 0.6) is 0 Å². The number of fused-ring (bicyclic) bond motifs is 6. The maximum absolute atomic E-state index is 6.59. The van der Waals surface area contributed by atoms with Crippen molar-refractivity contribution in [3.8, 4) is 0 Å². The Bertz CT molecular complexity index is 734. The second-order valence-electron chi connectivity index (χ2n) is 8.16. The molecule has 0 radical (unpaired) electrons. The number of ether oxygens (including phenoxy) is 2. The van der Waals surface area contributed by atoms with E-state index in [0.717, 1.165) is 19.6 Å². The molecule has 4 atom stereocenters. The van der Waals surface area contributed by atoms with Gasteiger partial charge in [-0.15, -0.1) is 0 Å². The van der Waals surface area contributed by atoms with E-state index in [1.807, 2.05) is 0 Å². The van der Waals surface area contributed by atoms with Crippen molar-refractivity contribution in [1.82, 2.24) is 0 Å². The molecule has 1 heterocycles. The smallest absolute Gasteiger partial charge is 0.190 e. The minimum atomic E-state index is -0.448. The highest BCUT2D eigenvalue weighted by molar-refractivity contribution is 5.66. The van der Waals surface area contributed by atoms with E-state index in [4.69, 9.17) is 9.47 Å². The van der Waals surface area contributed by atoms with Crippen LogP contribution in [-0.2, 0) is 20.3 Å². The fourth-order valence-electron chi connectivity index (χ4n) is 7.18. The minimum absolute atomic E-state index is 0.00417. The molecule has 25 heavy (non-hydrogen) atoms. The largest absolute Gasteiger partial charge is 0.348 e. The molecule has 0 bridgehead atoms. The molecule has 0 amide bonds. The summed E-state index contributed by atoms with van der Waals surface area (Å²) in [6.45, 7) is 1.64. The molecule has 1 spiro atoms. The molecule has 6 rings (SSSR count). The lowest BCUT2D eigenvalue weighted by Gasteiger charge is -2.46. The van der Waals surface area contributed by atoms with Gasteiger partial charge >= 0.3 is 0 Å². The van der Waals surface area contributed by atoms with Crippen molar-refractivity contribution < 1.29 is 9.47 Å². The Morgan fingerprint density at radius 3 is 1.60 bits per heavy atom. The standard InChI is InChI=1S/C23H24O2/c1-3-9-17(10-4-1)21-19-13-7-14-20(19)22(21,18-11-5-2-6-12-18)23(21)24-15-8-16-25-23/h1-6,9-12,19-20H,7-8,13-16H2/t19-,20+,21+,22-. The van der Waals surface area contributed by atoms with Crippen LogP contribution >= 0.6 is 0 Å². The molecule has 2 heteroatoms. The van der Waals surface area contributed by atoms with Crippen LogP contribution in [-0.4, -0.2) is 19.0 Å². The van der Waals surface area contributed by atoms with Crippen LogP contribution in [0.25, 0.3) is 0 Å². The second kappa shape index (κ2) is 4.75. The molecule has 1 saturated heterocycles. The average molecular weight is 332 g/mol. The van der Waals surface area contributed by atoms with Gasteiger partial charge in [0.2, 0.25) is 0 Å². The van der Waals surface area contributed by atoms with Gasteiger partial charge in [0.25, 0.3) is 0 Å². The van der Waals surface area contributed by atoms with Crippen LogP contribution in [0.15, 0.2) is 60.7 Å². The van der Waals surface area contributed by atoms with Crippen LogP contribution < -0.4 is 0 Å². The minimum Gasteiger partial charge on any atom is -0.348 e. The highest BCUT2D eigenvalue weighted by atomic mass is 16.7. The molecule has 4 aliphatic rings. The number of rotatable bonds is 2. The fourth-order valence-corrected chi connectivity index (χ4v) is 7.18. The van der Waals surface area contributed by atoms with Crippen molar-refractivity contribution in [3.63, 3.8) is 0 Å². The van der Waals surface area contributed by atoms with Crippen molar-refractivity contribution in [2.24, 2.45) is 11.8 Å². The van der Waals surface area contributed by atoms with E-state index in [9.17, 15) is 0 Å². The SMILES string of the molecule is c1ccc([C@@]23[C@H]4CCC[C@H]4[C@]2(c2ccccc2)C32OCCCO2)cc1. The van der Waals surface area contributed by atoms with Gasteiger partial charge in [0.15, 0.2) is 5.79 Å². The zero-order chi connectivity index (χ0) is 16.5. The van der Waals surface area contributed by atoms with Gasteiger partial charge in [-0.05, 0) is 42.2 Å². The van der Waals surface area contributed by atoms with E-state index in [-0.39, 0.29) is 10.8 Å². The lowest BCUT2D eigenvalue weighted by molar-refractivity contribution is -0.221. The lowest BCUT2D eigenvalue weighted by atomic mass is 9.54. The third kappa shape index (κ3) is 1.33. The molecule has 3 aliphatic carbocycles. The lowest BCUT2D eigenvalue weighted by Crippen LogP contribution is -2.49. The fraction of sp³-hybridized carbons (Fsp3) is 0.478. The van der Waals surface area contributed by atoms with Gasteiger partial charge in [0.1, 0.15) is 0 Å². The monoisotopic (exact) mass is 332 g/mol. The topological polar surface area (TPSA) is 18.5 Å². The first kappa shape index (κ1) is 14.5. The second-order valence-corrected chi connectivity index (χ2v) is 8.16. The Kier molecular flexibility index (Phi) is 2.76. The molecular weight excluding hydrogens is 308 g/mol. The first-order valence-electron chi connectivity index (χ1n) is 9.78. The molecule has 3 saturated carbocycles. The summed E-state index contributed by atoms with van der Waals surface area (Å²) in [4.78, 5) is 0. The summed E-state index contributed by atoms with van der Waals surface area (Å²) in [5.74, 6) is 0.929. The van der Waals surface area contributed by atoms with Crippen molar-refractivity contribution in [2.75, 3.05) is 13.2 Å². The van der Waals surface area contributed by atoms with Gasteiger partial charge in [-0.2, -0.15) is 0 Å². The third-order valence-electron chi connectivity index (χ3n) is 7.58. The Morgan fingerprint density at radius 1 is 0.640 bits per heavy atom. The Labute approximate surface area is 149 Å². The molecule has 0 N–H and O–H groups in total. The van der Waals surface area contributed by atoms with E-state index in [1.165, 1.54) is 30.4 Å². The molecule has 2 aromatic carbocycles. The molecule has 2 aromatic rings. The molecule has 128 valence electrons. The molecule has 0 aromatic heterocycles. The van der Waals surface area contributed by atoms with Gasteiger partial charge in [-0.25, -0.2) is 0 Å². The average Bonchev–Trinajstić information content (AvgIpc) is 2.92. The highest BCUT2D eigenvalue weighted by Gasteiger charge is 3.02. The van der Waals surface area contributed by atoms with Crippen LogP contribution in [0.1, 0.15) is 36.8 Å². The predicted molar refractivity (Wildman–Crippen MR) is 96.3 cm³/mol. The third-order valence-corrected chi connectivity index (χ3v) is 7.58. The quantitative estimate of drug-likeness (QED) is 0.809. The van der Waals surface area contributed by atoms with Gasteiger partial charge in [0, 0.05) is 0 Å². The summed E-state index contributed by atoms with van der Waals surface area (Å²) in [7, 11) is 0. The first-order valence-corrected chi connectivity index (χ1v) is 9.78. The molecule has 2 nitrogen and oxygen atoms in total. The maximum Gasteiger partial charge on any atom is 0.190 e. The van der Waals surface area contributed by atoms with Crippen LogP contribution in [0.4, 0.5) is 0 Å². The molecule has 1 aliphatic heterocycles. The maximum atomic E-state index is 6.59. The molecule has 4 fully saturated rings. The first-order chi connectivity index (χ1) is 12.4. The van der Waals surface area contributed by atoms with Crippen LogP contribution in [0, 0.1) is 11.8 Å². The van der Waals surface area contributed by atoms with E-state index in [0.29, 0.717) is 11.8 Å². The van der Waals surface area contributed by atoms with Gasteiger partial charge in [0.05, 0.1) is 24.0 Å². The number of benzene rings is 2. The van der Waals surface area contributed by atoms with E-state index >= 15 is 0 Å². The highest BCUT2D eigenvalue weighted by Crippen LogP contribution is 2.92. The van der Waals surface area contributed by atoms with Crippen molar-refractivity contribution >= 4 is 0 Å². The summed E-state index contributed by atoms with van der Waals surface area (Å²) >= 11 is 0. The van der Waals surface area contributed by atoms with E-state index in [1.54, 1.807) is 0 Å². The van der Waals surface area contributed by atoms with Gasteiger partial charge in [-0.3, -0.25) is 0 Å². The van der Waals surface area contributed by atoms with E-state index in [2.05, 4.69) is 60.7 Å². The molecular formula is C23H24O2. The zero-order valence-electron chi connectivity index (χ0n) is 14.5. The van der Waals surface area contributed by atoms with Gasteiger partial charge < -0.3 is 9.47 Å².